The van der Waals surface area contributed by atoms with Gasteiger partial charge in [-0.15, -0.1) is 0 Å². The van der Waals surface area contributed by atoms with Crippen LogP contribution in [0.25, 0.3) is 0 Å². The number of rotatable bonds is 6. The van der Waals surface area contributed by atoms with Crippen molar-refractivity contribution in [2.24, 2.45) is 0 Å². The molecular weight excluding hydrogens is 316 g/mol. The first-order valence-electron chi connectivity index (χ1n) is 8.11. The van der Waals surface area contributed by atoms with Crippen molar-refractivity contribution in [3.05, 3.63) is 65.7 Å². The predicted octanol–water partition coefficient (Wildman–Crippen LogP) is 3.62. The Morgan fingerprint density at radius 2 is 1.88 bits per heavy atom. The van der Waals surface area contributed by atoms with E-state index in [1.54, 1.807) is 24.3 Å². The molecule has 0 fully saturated rings. The summed E-state index contributed by atoms with van der Waals surface area (Å²) in [7, 11) is 0. The molecule has 25 heavy (non-hydrogen) atoms. The summed E-state index contributed by atoms with van der Waals surface area (Å²) in [5.41, 5.74) is 1.80. The lowest BCUT2D eigenvalue weighted by Gasteiger charge is -2.18. The van der Waals surface area contributed by atoms with E-state index >= 15 is 0 Å². The van der Waals surface area contributed by atoms with Crippen molar-refractivity contribution in [1.29, 1.82) is 5.26 Å². The lowest BCUT2D eigenvalue weighted by molar-refractivity contribution is -0.154. The zero-order valence-electron chi connectivity index (χ0n) is 14.2. The largest absolute Gasteiger partial charge is 0.452 e. The standard InChI is InChI=1S/C20H20N2O3/c1-3-18(16-9-5-4-6-10-16)20(24)25-14(2)19(23)22-17-11-7-8-15(12-17)13-21/h4-12,14,18H,3H2,1-2H3,(H,22,23)/t14-,18-/m1/s1. The number of anilines is 1. The van der Waals surface area contributed by atoms with Gasteiger partial charge in [0.05, 0.1) is 17.6 Å². The molecular formula is C20H20N2O3. The van der Waals surface area contributed by atoms with Crippen LogP contribution in [-0.4, -0.2) is 18.0 Å². The Balaban J connectivity index is 2.00. The molecule has 0 aromatic heterocycles. The van der Waals surface area contributed by atoms with Crippen LogP contribution in [0.2, 0.25) is 0 Å². The molecule has 5 nitrogen and oxygen atoms in total. The van der Waals surface area contributed by atoms with Gasteiger partial charge in [0.15, 0.2) is 6.10 Å². The van der Waals surface area contributed by atoms with Gasteiger partial charge in [0, 0.05) is 5.69 Å². The van der Waals surface area contributed by atoms with E-state index in [0.717, 1.165) is 5.56 Å². The Labute approximate surface area is 147 Å². The normalized spacial score (nSPS) is 12.5. The number of amides is 1. The number of ether oxygens (including phenoxy) is 1. The fourth-order valence-electron chi connectivity index (χ4n) is 2.44. The van der Waals surface area contributed by atoms with Crippen LogP contribution in [0.4, 0.5) is 5.69 Å². The monoisotopic (exact) mass is 336 g/mol. The lowest BCUT2D eigenvalue weighted by atomic mass is 9.97. The zero-order valence-corrected chi connectivity index (χ0v) is 14.2. The Kier molecular flexibility index (Phi) is 6.30. The summed E-state index contributed by atoms with van der Waals surface area (Å²) in [6, 6.07) is 17.9. The van der Waals surface area contributed by atoms with Crippen LogP contribution in [0.1, 0.15) is 37.3 Å². The van der Waals surface area contributed by atoms with Gasteiger partial charge in [-0.1, -0.05) is 43.3 Å². The van der Waals surface area contributed by atoms with Crippen molar-refractivity contribution >= 4 is 17.6 Å². The van der Waals surface area contributed by atoms with Crippen molar-refractivity contribution < 1.29 is 14.3 Å². The van der Waals surface area contributed by atoms with Crippen LogP contribution >= 0.6 is 0 Å². The molecule has 1 amide bonds. The number of carbonyl (C=O) groups is 2. The fraction of sp³-hybridized carbons (Fsp3) is 0.250. The van der Waals surface area contributed by atoms with Crippen molar-refractivity contribution in [3.63, 3.8) is 0 Å². The number of hydrogen-bond acceptors (Lipinski definition) is 4. The van der Waals surface area contributed by atoms with E-state index in [9.17, 15) is 9.59 Å². The van der Waals surface area contributed by atoms with Gasteiger partial charge in [-0.05, 0) is 37.1 Å². The Morgan fingerprint density at radius 1 is 1.16 bits per heavy atom. The molecule has 5 heteroatoms. The van der Waals surface area contributed by atoms with Crippen LogP contribution in [0, 0.1) is 11.3 Å². The van der Waals surface area contributed by atoms with Crippen LogP contribution in [0.15, 0.2) is 54.6 Å². The molecule has 128 valence electrons. The summed E-state index contributed by atoms with van der Waals surface area (Å²) < 4.78 is 5.33. The van der Waals surface area contributed by atoms with E-state index in [2.05, 4.69) is 5.32 Å². The quantitative estimate of drug-likeness (QED) is 0.817. The molecule has 0 spiro atoms. The van der Waals surface area contributed by atoms with Crippen LogP contribution in [0.3, 0.4) is 0 Å². The summed E-state index contributed by atoms with van der Waals surface area (Å²) in [5, 5.41) is 11.5. The maximum Gasteiger partial charge on any atom is 0.314 e. The highest BCUT2D eigenvalue weighted by atomic mass is 16.5. The minimum Gasteiger partial charge on any atom is -0.452 e. The first kappa shape index (κ1) is 18.2. The number of nitriles is 1. The van der Waals surface area contributed by atoms with Gasteiger partial charge in [-0.2, -0.15) is 5.26 Å². The van der Waals surface area contributed by atoms with E-state index in [1.807, 2.05) is 43.3 Å². The molecule has 0 aliphatic carbocycles. The van der Waals surface area contributed by atoms with Gasteiger partial charge in [0.25, 0.3) is 5.91 Å². The van der Waals surface area contributed by atoms with Gasteiger partial charge in [0.1, 0.15) is 0 Å². The number of nitrogens with one attached hydrogen (secondary N) is 1. The maximum atomic E-state index is 12.4. The van der Waals surface area contributed by atoms with Crippen molar-refractivity contribution in [3.8, 4) is 6.07 Å². The molecule has 0 bridgehead atoms. The van der Waals surface area contributed by atoms with E-state index in [0.29, 0.717) is 17.7 Å². The molecule has 0 unspecified atom stereocenters. The summed E-state index contributed by atoms with van der Waals surface area (Å²) in [4.78, 5) is 24.6. The first-order chi connectivity index (χ1) is 12.0. The minimum absolute atomic E-state index is 0.404. The highest BCUT2D eigenvalue weighted by Gasteiger charge is 2.25. The van der Waals surface area contributed by atoms with E-state index in [4.69, 9.17) is 10.00 Å². The number of carbonyl (C=O) groups excluding carboxylic acids is 2. The van der Waals surface area contributed by atoms with Crippen LogP contribution < -0.4 is 5.32 Å². The molecule has 0 heterocycles. The van der Waals surface area contributed by atoms with Gasteiger partial charge in [0.2, 0.25) is 0 Å². The number of hydrogen-bond donors (Lipinski definition) is 1. The highest BCUT2D eigenvalue weighted by Crippen LogP contribution is 2.21. The highest BCUT2D eigenvalue weighted by molar-refractivity contribution is 5.95. The topological polar surface area (TPSA) is 79.2 Å². The lowest BCUT2D eigenvalue weighted by Crippen LogP contribution is -2.31. The predicted molar refractivity (Wildman–Crippen MR) is 94.8 cm³/mol. The number of benzene rings is 2. The molecule has 0 radical (unpaired) electrons. The van der Waals surface area contributed by atoms with Crippen molar-refractivity contribution in [2.45, 2.75) is 32.3 Å². The average Bonchev–Trinajstić information content (AvgIpc) is 2.63. The molecule has 2 rings (SSSR count). The van der Waals surface area contributed by atoms with Crippen LogP contribution in [0.5, 0.6) is 0 Å². The zero-order chi connectivity index (χ0) is 18.2. The van der Waals surface area contributed by atoms with Gasteiger partial charge < -0.3 is 10.1 Å². The average molecular weight is 336 g/mol. The second-order valence-electron chi connectivity index (χ2n) is 5.63. The van der Waals surface area contributed by atoms with E-state index in [-0.39, 0.29) is 0 Å². The molecule has 0 saturated heterocycles. The molecule has 2 aromatic rings. The Hall–Kier alpha value is -3.13. The summed E-state index contributed by atoms with van der Waals surface area (Å²) in [6.07, 6.45) is -0.350. The smallest absolute Gasteiger partial charge is 0.314 e. The number of esters is 1. The molecule has 1 N–H and O–H groups in total. The summed E-state index contributed by atoms with van der Waals surface area (Å²) in [6.45, 7) is 3.43. The fourth-order valence-corrected chi connectivity index (χ4v) is 2.44. The van der Waals surface area contributed by atoms with Gasteiger partial charge >= 0.3 is 5.97 Å². The number of nitrogens with zero attached hydrogens (tertiary/aromatic N) is 1. The second kappa shape index (κ2) is 8.65. The van der Waals surface area contributed by atoms with Gasteiger partial charge in [-0.3, -0.25) is 9.59 Å². The summed E-state index contributed by atoms with van der Waals surface area (Å²) >= 11 is 0. The molecule has 2 aromatic carbocycles. The van der Waals surface area contributed by atoms with E-state index < -0.39 is 23.9 Å². The molecule has 0 aliphatic heterocycles. The minimum atomic E-state index is -0.934. The maximum absolute atomic E-state index is 12.4. The third kappa shape index (κ3) is 4.92. The molecule has 2 atom stereocenters. The Morgan fingerprint density at radius 3 is 2.52 bits per heavy atom. The first-order valence-corrected chi connectivity index (χ1v) is 8.11. The van der Waals surface area contributed by atoms with Crippen molar-refractivity contribution in [2.75, 3.05) is 5.32 Å². The van der Waals surface area contributed by atoms with Crippen LogP contribution in [-0.2, 0) is 14.3 Å². The summed E-state index contributed by atoms with van der Waals surface area (Å²) in [5.74, 6) is -1.27. The third-order valence-corrected chi connectivity index (χ3v) is 3.82. The van der Waals surface area contributed by atoms with E-state index in [1.165, 1.54) is 6.92 Å². The third-order valence-electron chi connectivity index (χ3n) is 3.82. The molecule has 0 aliphatic rings. The molecule has 0 saturated carbocycles. The van der Waals surface area contributed by atoms with Gasteiger partial charge in [-0.25, -0.2) is 0 Å². The second-order valence-corrected chi connectivity index (χ2v) is 5.63. The SMILES string of the molecule is CC[C@@H](C(=O)O[C@H](C)C(=O)Nc1cccc(C#N)c1)c1ccccc1. The van der Waals surface area contributed by atoms with Crippen molar-refractivity contribution in [1.82, 2.24) is 0 Å². The Bertz CT molecular complexity index is 781.